The SMILES string of the molecule is COc1cccc2cc(CC(C)C(=O)O)n(C(C)C)c12. The Labute approximate surface area is 119 Å². The first kappa shape index (κ1) is 14.4. The standard InChI is InChI=1S/C16H21NO3/c1-10(2)17-13(8-11(3)16(18)19)9-12-6-5-7-14(20-4)15(12)17/h5-7,9-11H,8H2,1-4H3,(H,18,19). The molecule has 0 aliphatic carbocycles. The minimum atomic E-state index is -0.766. The summed E-state index contributed by atoms with van der Waals surface area (Å²) in [6, 6.07) is 8.24. The predicted molar refractivity (Wildman–Crippen MR) is 79.4 cm³/mol. The lowest BCUT2D eigenvalue weighted by molar-refractivity contribution is -0.141. The van der Waals surface area contributed by atoms with E-state index in [-0.39, 0.29) is 6.04 Å². The Kier molecular flexibility index (Phi) is 4.02. The molecule has 1 unspecified atom stereocenters. The van der Waals surface area contributed by atoms with E-state index >= 15 is 0 Å². The first-order valence-corrected chi connectivity index (χ1v) is 6.85. The van der Waals surface area contributed by atoms with Gasteiger partial charge in [0.05, 0.1) is 18.5 Å². The fourth-order valence-corrected chi connectivity index (χ4v) is 2.62. The smallest absolute Gasteiger partial charge is 0.306 e. The number of aromatic nitrogens is 1. The van der Waals surface area contributed by atoms with E-state index in [0.717, 1.165) is 22.3 Å². The number of carbonyl (C=O) groups is 1. The molecule has 1 atom stereocenters. The molecule has 0 saturated heterocycles. The quantitative estimate of drug-likeness (QED) is 0.908. The van der Waals surface area contributed by atoms with Crippen molar-refractivity contribution >= 4 is 16.9 Å². The molecule has 1 heterocycles. The topological polar surface area (TPSA) is 51.5 Å². The number of benzene rings is 1. The lowest BCUT2D eigenvalue weighted by atomic mass is 10.1. The maximum absolute atomic E-state index is 11.1. The Morgan fingerprint density at radius 2 is 2.05 bits per heavy atom. The van der Waals surface area contributed by atoms with Crippen molar-refractivity contribution in [3.63, 3.8) is 0 Å². The number of nitrogens with zero attached hydrogens (tertiary/aromatic N) is 1. The van der Waals surface area contributed by atoms with Gasteiger partial charge in [0.1, 0.15) is 5.75 Å². The van der Waals surface area contributed by atoms with Crippen LogP contribution in [-0.2, 0) is 11.2 Å². The average Bonchev–Trinajstić information content (AvgIpc) is 2.76. The van der Waals surface area contributed by atoms with Gasteiger partial charge >= 0.3 is 5.97 Å². The number of hydrogen-bond acceptors (Lipinski definition) is 2. The van der Waals surface area contributed by atoms with E-state index in [4.69, 9.17) is 9.84 Å². The molecule has 4 nitrogen and oxygen atoms in total. The first-order valence-electron chi connectivity index (χ1n) is 6.85. The van der Waals surface area contributed by atoms with Crippen LogP contribution >= 0.6 is 0 Å². The van der Waals surface area contributed by atoms with E-state index < -0.39 is 11.9 Å². The van der Waals surface area contributed by atoms with E-state index in [2.05, 4.69) is 24.5 Å². The fourth-order valence-electron chi connectivity index (χ4n) is 2.62. The van der Waals surface area contributed by atoms with E-state index in [1.165, 1.54) is 0 Å². The maximum atomic E-state index is 11.1. The minimum Gasteiger partial charge on any atom is -0.495 e. The third kappa shape index (κ3) is 2.50. The Bertz CT molecular complexity index is 628. The second kappa shape index (κ2) is 5.57. The number of methoxy groups -OCH3 is 1. The van der Waals surface area contributed by atoms with Crippen LogP contribution in [0, 0.1) is 5.92 Å². The number of ether oxygens (including phenoxy) is 1. The molecule has 2 aromatic rings. The zero-order chi connectivity index (χ0) is 14.9. The van der Waals surface area contributed by atoms with Crippen LogP contribution in [0.25, 0.3) is 10.9 Å². The predicted octanol–water partition coefficient (Wildman–Crippen LogP) is 3.49. The van der Waals surface area contributed by atoms with Gasteiger partial charge in [0.15, 0.2) is 0 Å². The molecule has 2 rings (SSSR count). The second-order valence-corrected chi connectivity index (χ2v) is 5.44. The summed E-state index contributed by atoms with van der Waals surface area (Å²) in [4.78, 5) is 11.1. The van der Waals surface area contributed by atoms with Crippen LogP contribution < -0.4 is 4.74 Å². The molecule has 108 valence electrons. The Hall–Kier alpha value is -1.97. The molecule has 1 N–H and O–H groups in total. The zero-order valence-corrected chi connectivity index (χ0v) is 12.4. The van der Waals surface area contributed by atoms with Crippen LogP contribution in [0.2, 0.25) is 0 Å². The van der Waals surface area contributed by atoms with Gasteiger partial charge in [-0.15, -0.1) is 0 Å². The van der Waals surface area contributed by atoms with Gasteiger partial charge in [-0.3, -0.25) is 4.79 Å². The van der Waals surface area contributed by atoms with Crippen LogP contribution in [0.5, 0.6) is 5.75 Å². The number of rotatable bonds is 5. The van der Waals surface area contributed by atoms with Gasteiger partial charge in [0.2, 0.25) is 0 Å². The Morgan fingerprint density at radius 3 is 2.60 bits per heavy atom. The highest BCUT2D eigenvalue weighted by Crippen LogP contribution is 2.32. The third-order valence-electron chi connectivity index (χ3n) is 3.58. The van der Waals surface area contributed by atoms with Crippen LogP contribution in [-0.4, -0.2) is 22.8 Å². The van der Waals surface area contributed by atoms with Crippen molar-refractivity contribution in [1.29, 1.82) is 0 Å². The molecule has 4 heteroatoms. The summed E-state index contributed by atoms with van der Waals surface area (Å²) in [6.45, 7) is 5.93. The molecule has 0 amide bonds. The van der Waals surface area contributed by atoms with Crippen molar-refractivity contribution in [3.05, 3.63) is 30.0 Å². The normalized spacial score (nSPS) is 12.8. The van der Waals surface area contributed by atoms with Gasteiger partial charge in [-0.2, -0.15) is 0 Å². The van der Waals surface area contributed by atoms with E-state index in [0.29, 0.717) is 6.42 Å². The Balaban J connectivity index is 2.60. The van der Waals surface area contributed by atoms with E-state index in [9.17, 15) is 4.79 Å². The third-order valence-corrected chi connectivity index (χ3v) is 3.58. The molecule has 0 saturated carbocycles. The van der Waals surface area contributed by atoms with Gasteiger partial charge in [0, 0.05) is 23.5 Å². The monoisotopic (exact) mass is 275 g/mol. The molecular weight excluding hydrogens is 254 g/mol. The molecule has 0 aliphatic rings. The number of hydrogen-bond donors (Lipinski definition) is 1. The second-order valence-electron chi connectivity index (χ2n) is 5.44. The van der Waals surface area contributed by atoms with Crippen LogP contribution in [0.1, 0.15) is 32.5 Å². The molecule has 0 fully saturated rings. The molecule has 0 aliphatic heterocycles. The van der Waals surface area contributed by atoms with Gasteiger partial charge in [-0.25, -0.2) is 0 Å². The maximum Gasteiger partial charge on any atom is 0.306 e. The van der Waals surface area contributed by atoms with Crippen molar-refractivity contribution < 1.29 is 14.6 Å². The highest BCUT2D eigenvalue weighted by Gasteiger charge is 2.19. The van der Waals surface area contributed by atoms with E-state index in [1.54, 1.807) is 14.0 Å². The van der Waals surface area contributed by atoms with Gasteiger partial charge in [-0.1, -0.05) is 19.1 Å². The van der Waals surface area contributed by atoms with Crippen molar-refractivity contribution in [2.24, 2.45) is 5.92 Å². The lowest BCUT2D eigenvalue weighted by Crippen LogP contribution is -2.15. The number of fused-ring (bicyclic) bond motifs is 1. The molecule has 1 aromatic heterocycles. The van der Waals surface area contributed by atoms with E-state index in [1.807, 2.05) is 18.2 Å². The zero-order valence-electron chi connectivity index (χ0n) is 12.4. The summed E-state index contributed by atoms with van der Waals surface area (Å²) in [5, 5.41) is 10.2. The van der Waals surface area contributed by atoms with Crippen LogP contribution in [0.15, 0.2) is 24.3 Å². The summed E-state index contributed by atoms with van der Waals surface area (Å²) in [5.74, 6) is -0.342. The van der Waals surface area contributed by atoms with Crippen LogP contribution in [0.4, 0.5) is 0 Å². The first-order chi connectivity index (χ1) is 9.45. The Morgan fingerprint density at radius 1 is 1.35 bits per heavy atom. The van der Waals surface area contributed by atoms with Gasteiger partial charge < -0.3 is 14.4 Å². The lowest BCUT2D eigenvalue weighted by Gasteiger charge is -2.17. The number of para-hydroxylation sites is 1. The largest absolute Gasteiger partial charge is 0.495 e. The summed E-state index contributed by atoms with van der Waals surface area (Å²) < 4.78 is 7.62. The molecule has 1 aromatic carbocycles. The van der Waals surface area contributed by atoms with Crippen molar-refractivity contribution in [2.45, 2.75) is 33.2 Å². The van der Waals surface area contributed by atoms with Crippen molar-refractivity contribution in [2.75, 3.05) is 7.11 Å². The average molecular weight is 275 g/mol. The number of aliphatic carboxylic acids is 1. The van der Waals surface area contributed by atoms with Gasteiger partial charge in [0.25, 0.3) is 0 Å². The highest BCUT2D eigenvalue weighted by atomic mass is 16.5. The van der Waals surface area contributed by atoms with Crippen molar-refractivity contribution in [3.8, 4) is 5.75 Å². The summed E-state index contributed by atoms with van der Waals surface area (Å²) in [5.41, 5.74) is 2.08. The molecule has 0 spiro atoms. The van der Waals surface area contributed by atoms with Crippen molar-refractivity contribution in [1.82, 2.24) is 4.57 Å². The fraction of sp³-hybridized carbons (Fsp3) is 0.438. The summed E-state index contributed by atoms with van der Waals surface area (Å²) >= 11 is 0. The van der Waals surface area contributed by atoms with Gasteiger partial charge in [-0.05, 0) is 26.0 Å². The highest BCUT2D eigenvalue weighted by molar-refractivity contribution is 5.87. The minimum absolute atomic E-state index is 0.250. The molecular formula is C16H21NO3. The molecule has 20 heavy (non-hydrogen) atoms. The number of carboxylic acid groups (broad SMARTS) is 1. The molecule has 0 bridgehead atoms. The summed E-state index contributed by atoms with van der Waals surface area (Å²) in [6.07, 6.45) is 0.519. The molecule has 0 radical (unpaired) electrons. The van der Waals surface area contributed by atoms with Crippen LogP contribution in [0.3, 0.4) is 0 Å². The summed E-state index contributed by atoms with van der Waals surface area (Å²) in [7, 11) is 1.66. The number of carboxylic acids is 1.